The van der Waals surface area contributed by atoms with Crippen LogP contribution in [-0.4, -0.2) is 65.0 Å². The lowest BCUT2D eigenvalue weighted by atomic mass is 10.1. The van der Waals surface area contributed by atoms with E-state index in [2.05, 4.69) is 15.1 Å². The van der Waals surface area contributed by atoms with Gasteiger partial charge in [0.05, 0.1) is 18.2 Å². The Labute approximate surface area is 209 Å². The van der Waals surface area contributed by atoms with Crippen molar-refractivity contribution >= 4 is 33.9 Å². The zero-order valence-corrected chi connectivity index (χ0v) is 20.3. The Hall–Kier alpha value is -3.51. The van der Waals surface area contributed by atoms with Crippen LogP contribution in [0.2, 0.25) is 5.02 Å². The highest BCUT2D eigenvalue weighted by molar-refractivity contribution is 6.33. The Morgan fingerprint density at radius 2 is 1.86 bits per heavy atom. The highest BCUT2D eigenvalue weighted by Gasteiger charge is 2.38. The zero-order chi connectivity index (χ0) is 26.0. The first-order valence-electron chi connectivity index (χ1n) is 10.9. The minimum absolute atomic E-state index is 0.0188. The van der Waals surface area contributed by atoms with E-state index >= 15 is 0 Å². The molecule has 1 aliphatic heterocycles. The first-order valence-corrected chi connectivity index (χ1v) is 11.3. The molecule has 0 fully saturated rings. The SMILES string of the molecule is CCN1CN(c2cc(OC(C)C(F)(F)F)c3c(Oc4ccnc(OC)c4Cl)nccc3c2)N=C1CO. The van der Waals surface area contributed by atoms with Crippen LogP contribution < -0.4 is 19.2 Å². The Morgan fingerprint density at radius 3 is 2.50 bits per heavy atom. The molecule has 1 N–H and O–H groups in total. The number of hydrogen-bond donors (Lipinski definition) is 1. The number of pyridine rings is 2. The van der Waals surface area contributed by atoms with Gasteiger partial charge in [0, 0.05) is 31.1 Å². The summed E-state index contributed by atoms with van der Waals surface area (Å²) in [5.74, 6) is 0.588. The van der Waals surface area contributed by atoms with Crippen LogP contribution >= 0.6 is 11.6 Å². The Bertz CT molecular complexity index is 1290. The number of amidine groups is 1. The molecule has 1 unspecified atom stereocenters. The van der Waals surface area contributed by atoms with Crippen LogP contribution in [0, 0.1) is 0 Å². The number of alkyl halides is 3. The van der Waals surface area contributed by atoms with E-state index in [1.54, 1.807) is 17.1 Å². The molecule has 0 aliphatic carbocycles. The van der Waals surface area contributed by atoms with Crippen molar-refractivity contribution in [1.29, 1.82) is 0 Å². The van der Waals surface area contributed by atoms with Crippen LogP contribution in [0.15, 0.2) is 41.8 Å². The number of rotatable bonds is 8. The van der Waals surface area contributed by atoms with Crippen molar-refractivity contribution in [3.8, 4) is 23.3 Å². The highest BCUT2D eigenvalue weighted by atomic mass is 35.5. The van der Waals surface area contributed by atoms with Gasteiger partial charge >= 0.3 is 6.18 Å². The molecule has 0 radical (unpaired) electrons. The number of aromatic nitrogens is 2. The molecule has 192 valence electrons. The van der Waals surface area contributed by atoms with Gasteiger partial charge in [0.15, 0.2) is 17.7 Å². The van der Waals surface area contributed by atoms with Crippen molar-refractivity contribution < 1.29 is 32.5 Å². The molecule has 0 amide bonds. The molecule has 3 aromatic rings. The summed E-state index contributed by atoms with van der Waals surface area (Å²) in [7, 11) is 1.39. The summed E-state index contributed by atoms with van der Waals surface area (Å²) in [5, 5.41) is 16.3. The number of likely N-dealkylation sites (N-methyl/N-ethyl adjacent to an activating group) is 1. The number of methoxy groups -OCH3 is 1. The van der Waals surface area contributed by atoms with Crippen LogP contribution in [-0.2, 0) is 0 Å². The molecule has 0 bridgehead atoms. The topological polar surface area (TPSA) is 92.5 Å². The van der Waals surface area contributed by atoms with Crippen molar-refractivity contribution in [2.45, 2.75) is 26.1 Å². The average Bonchev–Trinajstić information content (AvgIpc) is 3.28. The second-order valence-electron chi connectivity index (χ2n) is 7.77. The zero-order valence-electron chi connectivity index (χ0n) is 19.6. The molecule has 0 spiro atoms. The van der Waals surface area contributed by atoms with E-state index in [0.717, 1.165) is 6.92 Å². The summed E-state index contributed by atoms with van der Waals surface area (Å²) in [5.41, 5.74) is 0.467. The number of hydrogen-bond acceptors (Lipinski definition) is 9. The number of anilines is 1. The lowest BCUT2D eigenvalue weighted by Crippen LogP contribution is -2.32. The second-order valence-corrected chi connectivity index (χ2v) is 8.14. The molecule has 36 heavy (non-hydrogen) atoms. The minimum Gasteiger partial charge on any atom is -0.480 e. The van der Waals surface area contributed by atoms with Crippen molar-refractivity contribution in [3.63, 3.8) is 0 Å². The summed E-state index contributed by atoms with van der Waals surface area (Å²) in [4.78, 5) is 10.0. The molecule has 9 nitrogen and oxygen atoms in total. The predicted molar refractivity (Wildman–Crippen MR) is 128 cm³/mol. The number of aliphatic hydroxyl groups is 1. The largest absolute Gasteiger partial charge is 0.480 e. The van der Waals surface area contributed by atoms with Gasteiger partial charge in [0.2, 0.25) is 11.8 Å². The first-order chi connectivity index (χ1) is 17.2. The first kappa shape index (κ1) is 25.6. The van der Waals surface area contributed by atoms with E-state index in [0.29, 0.717) is 30.1 Å². The molecule has 13 heteroatoms. The van der Waals surface area contributed by atoms with Gasteiger partial charge in [-0.1, -0.05) is 11.6 Å². The van der Waals surface area contributed by atoms with Gasteiger partial charge in [-0.05, 0) is 31.4 Å². The Morgan fingerprint density at radius 1 is 1.14 bits per heavy atom. The molecule has 1 aromatic carbocycles. The summed E-state index contributed by atoms with van der Waals surface area (Å²) in [6, 6.07) is 6.26. The summed E-state index contributed by atoms with van der Waals surface area (Å²) in [6.45, 7) is 3.45. The number of aliphatic hydroxyl groups excluding tert-OH is 1. The van der Waals surface area contributed by atoms with Crippen molar-refractivity contribution in [2.24, 2.45) is 5.10 Å². The van der Waals surface area contributed by atoms with Crippen LogP contribution in [0.1, 0.15) is 13.8 Å². The van der Waals surface area contributed by atoms with Crippen LogP contribution in [0.3, 0.4) is 0 Å². The maximum atomic E-state index is 13.4. The van der Waals surface area contributed by atoms with E-state index in [1.807, 2.05) is 11.8 Å². The normalized spacial score (nSPS) is 14.7. The molecule has 3 heterocycles. The highest BCUT2D eigenvalue weighted by Crippen LogP contribution is 2.42. The van der Waals surface area contributed by atoms with Gasteiger partial charge in [0.1, 0.15) is 24.0 Å². The summed E-state index contributed by atoms with van der Waals surface area (Å²) < 4.78 is 56.7. The molecular weight excluding hydrogens is 503 g/mol. The van der Waals surface area contributed by atoms with Gasteiger partial charge in [-0.15, -0.1) is 0 Å². The van der Waals surface area contributed by atoms with Gasteiger partial charge in [-0.25, -0.2) is 15.0 Å². The van der Waals surface area contributed by atoms with Gasteiger partial charge < -0.3 is 24.2 Å². The van der Waals surface area contributed by atoms with E-state index in [1.165, 1.54) is 31.6 Å². The molecule has 0 saturated carbocycles. The molecule has 1 aliphatic rings. The Balaban J connectivity index is 1.84. The third-order valence-corrected chi connectivity index (χ3v) is 5.84. The fourth-order valence-electron chi connectivity index (χ4n) is 3.57. The smallest absolute Gasteiger partial charge is 0.425 e. The molecule has 2 aromatic heterocycles. The van der Waals surface area contributed by atoms with Crippen LogP contribution in [0.4, 0.5) is 18.9 Å². The quantitative estimate of drug-likeness (QED) is 0.447. The lowest BCUT2D eigenvalue weighted by molar-refractivity contribution is -0.189. The van der Waals surface area contributed by atoms with E-state index in [4.69, 9.17) is 25.8 Å². The number of nitrogens with zero attached hydrogens (tertiary/aromatic N) is 5. The maximum absolute atomic E-state index is 13.4. The number of ether oxygens (including phenoxy) is 3. The maximum Gasteiger partial charge on any atom is 0.425 e. The minimum atomic E-state index is -4.61. The van der Waals surface area contributed by atoms with Gasteiger partial charge in [0.25, 0.3) is 0 Å². The standard InChI is InChI=1S/C23H23ClF3N5O4/c1-4-31-12-32(30-18(31)11-33)15-9-14-5-7-28-21(36-16-6-8-29-22(34-3)20(16)24)19(14)17(10-15)35-13(2)23(25,26)27/h5-10,13,33H,4,11-12H2,1-3H3. The van der Waals surface area contributed by atoms with Crippen molar-refractivity contribution in [3.05, 3.63) is 41.7 Å². The number of halogens is 4. The van der Waals surface area contributed by atoms with Gasteiger partial charge in [-0.2, -0.15) is 18.3 Å². The van der Waals surface area contributed by atoms with E-state index in [9.17, 15) is 18.3 Å². The second kappa shape index (κ2) is 10.2. The molecule has 4 rings (SSSR count). The molecule has 1 atom stereocenters. The third-order valence-electron chi connectivity index (χ3n) is 5.49. The van der Waals surface area contributed by atoms with Crippen LogP contribution in [0.5, 0.6) is 23.3 Å². The molecular formula is C23H23ClF3N5O4. The number of fused-ring (bicyclic) bond motifs is 1. The number of hydrazone groups is 1. The summed E-state index contributed by atoms with van der Waals surface area (Å²) in [6.07, 6.45) is -3.86. The third kappa shape index (κ3) is 5.05. The van der Waals surface area contributed by atoms with Crippen molar-refractivity contribution in [1.82, 2.24) is 14.9 Å². The van der Waals surface area contributed by atoms with Crippen molar-refractivity contribution in [2.75, 3.05) is 31.9 Å². The predicted octanol–water partition coefficient (Wildman–Crippen LogP) is 4.82. The monoisotopic (exact) mass is 525 g/mol. The van der Waals surface area contributed by atoms with Crippen LogP contribution in [0.25, 0.3) is 10.8 Å². The number of benzene rings is 1. The lowest BCUT2D eigenvalue weighted by Gasteiger charge is -2.23. The average molecular weight is 526 g/mol. The summed E-state index contributed by atoms with van der Waals surface area (Å²) >= 11 is 6.29. The fourth-order valence-corrected chi connectivity index (χ4v) is 3.80. The van der Waals surface area contributed by atoms with E-state index in [-0.39, 0.29) is 40.3 Å². The van der Waals surface area contributed by atoms with Gasteiger partial charge in [-0.3, -0.25) is 0 Å². The molecule has 0 saturated heterocycles. The van der Waals surface area contributed by atoms with E-state index < -0.39 is 12.3 Å². The fraction of sp³-hybridized carbons (Fsp3) is 0.348. The Kier molecular flexibility index (Phi) is 7.27.